The molecule has 1 unspecified atom stereocenters. The highest BCUT2D eigenvalue weighted by Gasteiger charge is 2.29. The first-order valence-corrected chi connectivity index (χ1v) is 7.16. The predicted molar refractivity (Wildman–Crippen MR) is 72.6 cm³/mol. The number of aromatic nitrogens is 1. The first-order valence-electron chi connectivity index (χ1n) is 6.35. The zero-order valence-electron chi connectivity index (χ0n) is 11.1. The van der Waals surface area contributed by atoms with Gasteiger partial charge in [0.05, 0.1) is 10.7 Å². The third kappa shape index (κ3) is 2.72. The minimum absolute atomic E-state index is 0.218. The molecule has 18 heavy (non-hydrogen) atoms. The largest absolute Gasteiger partial charge is 0.477 e. The predicted octanol–water partition coefficient (Wildman–Crippen LogP) is 2.61. The second-order valence-corrected chi connectivity index (χ2v) is 6.86. The molecule has 4 nitrogen and oxygen atoms in total. The minimum Gasteiger partial charge on any atom is -0.477 e. The number of thiazole rings is 1. The number of carboxylic acid groups (broad SMARTS) is 1. The van der Waals surface area contributed by atoms with E-state index in [4.69, 9.17) is 0 Å². The molecule has 1 aromatic heterocycles. The number of carbonyl (C=O) groups is 1. The second-order valence-electron chi connectivity index (χ2n) is 5.83. The maximum Gasteiger partial charge on any atom is 0.347 e. The van der Waals surface area contributed by atoms with Gasteiger partial charge in [-0.15, -0.1) is 11.3 Å². The summed E-state index contributed by atoms with van der Waals surface area (Å²) < 4.78 is 0. The molecule has 1 aliphatic heterocycles. The standard InChI is InChI=1S/C13H20N2O2S/c1-13(2,3)10-9(12(16)17)18-11(15-10)8-5-4-6-14-7-8/h8,14H,4-7H2,1-3H3,(H,16,17). The molecule has 0 saturated carbocycles. The average Bonchev–Trinajstić information content (AvgIpc) is 2.74. The summed E-state index contributed by atoms with van der Waals surface area (Å²) in [5.74, 6) is -0.481. The number of nitrogens with zero attached hydrogens (tertiary/aromatic N) is 1. The van der Waals surface area contributed by atoms with Crippen molar-refractivity contribution in [3.63, 3.8) is 0 Å². The van der Waals surface area contributed by atoms with Crippen molar-refractivity contribution in [1.82, 2.24) is 10.3 Å². The maximum absolute atomic E-state index is 11.3. The highest BCUT2D eigenvalue weighted by Crippen LogP contribution is 2.34. The Balaban J connectivity index is 2.35. The van der Waals surface area contributed by atoms with E-state index in [0.717, 1.165) is 36.6 Å². The van der Waals surface area contributed by atoms with Gasteiger partial charge in [0.2, 0.25) is 0 Å². The van der Waals surface area contributed by atoms with Gasteiger partial charge in [-0.25, -0.2) is 9.78 Å². The van der Waals surface area contributed by atoms with Crippen molar-refractivity contribution >= 4 is 17.3 Å². The molecular weight excluding hydrogens is 248 g/mol. The Morgan fingerprint density at radius 1 is 1.50 bits per heavy atom. The van der Waals surface area contributed by atoms with E-state index in [-0.39, 0.29) is 5.41 Å². The average molecular weight is 268 g/mol. The van der Waals surface area contributed by atoms with Crippen LogP contribution in [0.3, 0.4) is 0 Å². The van der Waals surface area contributed by atoms with Crippen LogP contribution in [0, 0.1) is 0 Å². The van der Waals surface area contributed by atoms with E-state index in [1.807, 2.05) is 20.8 Å². The van der Waals surface area contributed by atoms with Crippen molar-refractivity contribution in [2.45, 2.75) is 44.9 Å². The van der Waals surface area contributed by atoms with Crippen LogP contribution in [0.5, 0.6) is 0 Å². The van der Waals surface area contributed by atoms with Gasteiger partial charge in [0.15, 0.2) is 0 Å². The van der Waals surface area contributed by atoms with Gasteiger partial charge in [0.1, 0.15) is 4.88 Å². The molecule has 5 heteroatoms. The lowest BCUT2D eigenvalue weighted by molar-refractivity contribution is 0.0699. The topological polar surface area (TPSA) is 62.2 Å². The maximum atomic E-state index is 11.3. The number of rotatable bonds is 2. The van der Waals surface area contributed by atoms with Crippen LogP contribution in [0.25, 0.3) is 0 Å². The molecule has 1 fully saturated rings. The highest BCUT2D eigenvalue weighted by atomic mass is 32.1. The van der Waals surface area contributed by atoms with Gasteiger partial charge in [0, 0.05) is 17.9 Å². The van der Waals surface area contributed by atoms with E-state index < -0.39 is 5.97 Å². The van der Waals surface area contributed by atoms with Gasteiger partial charge < -0.3 is 10.4 Å². The van der Waals surface area contributed by atoms with Crippen LogP contribution in [0.15, 0.2) is 0 Å². The van der Waals surface area contributed by atoms with Gasteiger partial charge in [-0.3, -0.25) is 0 Å². The normalized spacial score (nSPS) is 20.9. The Morgan fingerprint density at radius 3 is 2.67 bits per heavy atom. The molecule has 0 radical (unpaired) electrons. The molecule has 1 aliphatic rings. The summed E-state index contributed by atoms with van der Waals surface area (Å²) in [5, 5.41) is 13.6. The SMILES string of the molecule is CC(C)(C)c1nc(C2CCCNC2)sc1C(=O)O. The highest BCUT2D eigenvalue weighted by molar-refractivity contribution is 7.13. The Labute approximate surface area is 111 Å². The summed E-state index contributed by atoms with van der Waals surface area (Å²) in [6.07, 6.45) is 2.24. The molecule has 0 aliphatic carbocycles. The monoisotopic (exact) mass is 268 g/mol. The van der Waals surface area contributed by atoms with Crippen LogP contribution in [0.2, 0.25) is 0 Å². The van der Waals surface area contributed by atoms with Gasteiger partial charge >= 0.3 is 5.97 Å². The Bertz CT molecular complexity index is 442. The lowest BCUT2D eigenvalue weighted by Gasteiger charge is -2.21. The number of nitrogens with one attached hydrogen (secondary N) is 1. The number of carboxylic acids is 1. The number of piperidine rings is 1. The fourth-order valence-electron chi connectivity index (χ4n) is 2.23. The summed E-state index contributed by atoms with van der Waals surface area (Å²) in [4.78, 5) is 16.3. The van der Waals surface area contributed by atoms with Crippen LogP contribution in [-0.4, -0.2) is 29.1 Å². The lowest BCUT2D eigenvalue weighted by Crippen LogP contribution is -2.28. The van der Waals surface area contributed by atoms with Crippen molar-refractivity contribution in [3.05, 3.63) is 15.6 Å². The van der Waals surface area contributed by atoms with E-state index >= 15 is 0 Å². The molecule has 0 aromatic carbocycles. The summed E-state index contributed by atoms with van der Waals surface area (Å²) in [6, 6.07) is 0. The van der Waals surface area contributed by atoms with E-state index in [2.05, 4.69) is 10.3 Å². The molecule has 1 saturated heterocycles. The Hall–Kier alpha value is -0.940. The second kappa shape index (κ2) is 4.97. The molecule has 2 N–H and O–H groups in total. The molecule has 100 valence electrons. The van der Waals surface area contributed by atoms with Crippen molar-refractivity contribution in [1.29, 1.82) is 0 Å². The first-order chi connectivity index (χ1) is 8.39. The van der Waals surface area contributed by atoms with Gasteiger partial charge in [0.25, 0.3) is 0 Å². The summed E-state index contributed by atoms with van der Waals surface area (Å²) in [6.45, 7) is 8.00. The summed E-state index contributed by atoms with van der Waals surface area (Å²) in [7, 11) is 0. The quantitative estimate of drug-likeness (QED) is 0.865. The molecule has 2 rings (SSSR count). The van der Waals surface area contributed by atoms with Crippen LogP contribution in [0.1, 0.15) is 59.9 Å². The van der Waals surface area contributed by atoms with E-state index in [1.165, 1.54) is 11.3 Å². The third-order valence-electron chi connectivity index (χ3n) is 3.19. The number of aromatic carboxylic acids is 1. The van der Waals surface area contributed by atoms with Crippen LogP contribution >= 0.6 is 11.3 Å². The minimum atomic E-state index is -0.854. The molecule has 0 bridgehead atoms. The van der Waals surface area contributed by atoms with Gasteiger partial charge in [-0.1, -0.05) is 20.8 Å². The van der Waals surface area contributed by atoms with Crippen LogP contribution < -0.4 is 5.32 Å². The molecule has 0 amide bonds. The lowest BCUT2D eigenvalue weighted by atomic mass is 9.91. The molecular formula is C13H20N2O2S. The van der Waals surface area contributed by atoms with Crippen LogP contribution in [-0.2, 0) is 5.41 Å². The van der Waals surface area contributed by atoms with E-state index in [0.29, 0.717) is 10.8 Å². The van der Waals surface area contributed by atoms with Crippen molar-refractivity contribution in [2.75, 3.05) is 13.1 Å². The van der Waals surface area contributed by atoms with Gasteiger partial charge in [-0.2, -0.15) is 0 Å². The van der Waals surface area contributed by atoms with Crippen molar-refractivity contribution < 1.29 is 9.90 Å². The zero-order chi connectivity index (χ0) is 13.3. The number of hydrogen-bond donors (Lipinski definition) is 2. The van der Waals surface area contributed by atoms with E-state index in [9.17, 15) is 9.90 Å². The molecule has 2 heterocycles. The molecule has 1 aromatic rings. The Kier molecular flexibility index (Phi) is 3.73. The summed E-state index contributed by atoms with van der Waals surface area (Å²) >= 11 is 1.35. The fraction of sp³-hybridized carbons (Fsp3) is 0.692. The van der Waals surface area contributed by atoms with Crippen molar-refractivity contribution in [2.24, 2.45) is 0 Å². The van der Waals surface area contributed by atoms with E-state index in [1.54, 1.807) is 0 Å². The molecule has 0 spiro atoms. The molecule has 1 atom stereocenters. The van der Waals surface area contributed by atoms with Crippen molar-refractivity contribution in [3.8, 4) is 0 Å². The van der Waals surface area contributed by atoms with Crippen LogP contribution in [0.4, 0.5) is 0 Å². The zero-order valence-corrected chi connectivity index (χ0v) is 11.9. The smallest absolute Gasteiger partial charge is 0.347 e. The first kappa shape index (κ1) is 13.5. The summed E-state index contributed by atoms with van der Waals surface area (Å²) in [5.41, 5.74) is 0.505. The number of hydrogen-bond acceptors (Lipinski definition) is 4. The fourth-order valence-corrected chi connectivity index (χ4v) is 3.48. The Morgan fingerprint density at radius 2 is 2.22 bits per heavy atom. The van der Waals surface area contributed by atoms with Gasteiger partial charge in [-0.05, 0) is 19.4 Å². The third-order valence-corrected chi connectivity index (χ3v) is 4.40.